The Morgan fingerprint density at radius 2 is 1.85 bits per heavy atom. The average molecular weight is 375 g/mol. The van der Waals surface area contributed by atoms with Crippen molar-refractivity contribution in [2.75, 3.05) is 38.6 Å². The second kappa shape index (κ2) is 7.63. The van der Waals surface area contributed by atoms with Crippen molar-refractivity contribution >= 4 is 32.4 Å². The molecule has 1 aliphatic heterocycles. The highest BCUT2D eigenvalue weighted by atomic mass is 32.2. The van der Waals surface area contributed by atoms with Crippen LogP contribution in [0.5, 0.6) is 0 Å². The van der Waals surface area contributed by atoms with Gasteiger partial charge >= 0.3 is 0 Å². The Morgan fingerprint density at radius 1 is 1.12 bits per heavy atom. The molecule has 0 spiro atoms. The van der Waals surface area contributed by atoms with Gasteiger partial charge in [-0.05, 0) is 25.0 Å². The van der Waals surface area contributed by atoms with Crippen molar-refractivity contribution in [1.82, 2.24) is 9.62 Å². The number of hydrogen-bond acceptors (Lipinski definition) is 4. The number of sulfonamides is 1. The van der Waals surface area contributed by atoms with Crippen molar-refractivity contribution in [3.63, 3.8) is 0 Å². The zero-order chi connectivity index (χ0) is 18.7. The third kappa shape index (κ3) is 3.83. The summed E-state index contributed by atoms with van der Waals surface area (Å²) in [4.78, 5) is 15.7. The van der Waals surface area contributed by atoms with E-state index in [0.717, 1.165) is 24.0 Å². The lowest BCUT2D eigenvalue weighted by Gasteiger charge is -2.17. The van der Waals surface area contributed by atoms with E-state index in [4.69, 9.17) is 0 Å². The maximum Gasteiger partial charge on any atom is 0.241 e. The van der Waals surface area contributed by atoms with Gasteiger partial charge in [-0.15, -0.1) is 0 Å². The van der Waals surface area contributed by atoms with Crippen LogP contribution in [-0.4, -0.2) is 53.0 Å². The van der Waals surface area contributed by atoms with Crippen molar-refractivity contribution in [3.05, 3.63) is 36.4 Å². The minimum atomic E-state index is -3.61. The molecule has 1 saturated heterocycles. The van der Waals surface area contributed by atoms with Gasteiger partial charge in [0, 0.05) is 56.6 Å². The monoisotopic (exact) mass is 375 g/mol. The molecule has 1 heterocycles. The summed E-state index contributed by atoms with van der Waals surface area (Å²) in [7, 11) is 0.266. The molecular weight excluding hydrogens is 350 g/mol. The molecule has 1 fully saturated rings. The van der Waals surface area contributed by atoms with Crippen LogP contribution in [0, 0.1) is 0 Å². The molecule has 3 rings (SSSR count). The minimum Gasteiger partial charge on any atom is -0.377 e. The topological polar surface area (TPSA) is 69.7 Å². The van der Waals surface area contributed by atoms with Gasteiger partial charge in [0.25, 0.3) is 0 Å². The number of carbonyl (C=O) groups is 1. The van der Waals surface area contributed by atoms with Gasteiger partial charge in [0.15, 0.2) is 0 Å². The van der Waals surface area contributed by atoms with Crippen molar-refractivity contribution in [2.24, 2.45) is 0 Å². The van der Waals surface area contributed by atoms with E-state index in [9.17, 15) is 13.2 Å². The third-order valence-electron chi connectivity index (χ3n) is 4.70. The summed E-state index contributed by atoms with van der Waals surface area (Å²) in [5.74, 6) is 0.165. The number of likely N-dealkylation sites (tertiary alicyclic amines) is 1. The fourth-order valence-corrected chi connectivity index (χ4v) is 4.68. The van der Waals surface area contributed by atoms with Crippen LogP contribution in [0.15, 0.2) is 41.3 Å². The third-order valence-corrected chi connectivity index (χ3v) is 6.22. The van der Waals surface area contributed by atoms with E-state index >= 15 is 0 Å². The zero-order valence-electron chi connectivity index (χ0n) is 15.2. The van der Waals surface area contributed by atoms with Crippen LogP contribution in [0.25, 0.3) is 10.8 Å². The lowest BCUT2D eigenvalue weighted by molar-refractivity contribution is -0.127. The number of anilines is 1. The van der Waals surface area contributed by atoms with Gasteiger partial charge in [0.2, 0.25) is 15.9 Å². The first-order chi connectivity index (χ1) is 12.4. The Balaban J connectivity index is 1.75. The molecule has 26 heavy (non-hydrogen) atoms. The molecule has 2 aromatic rings. The molecule has 140 valence electrons. The Labute approximate surface area is 154 Å². The van der Waals surface area contributed by atoms with Gasteiger partial charge in [-0.2, -0.15) is 0 Å². The van der Waals surface area contributed by atoms with Gasteiger partial charge in [-0.25, -0.2) is 13.1 Å². The molecule has 0 unspecified atom stereocenters. The van der Waals surface area contributed by atoms with Crippen LogP contribution in [0.4, 0.5) is 5.69 Å². The molecule has 0 aliphatic carbocycles. The van der Waals surface area contributed by atoms with Crippen LogP contribution in [0.2, 0.25) is 0 Å². The summed E-state index contributed by atoms with van der Waals surface area (Å²) in [6, 6.07) is 11.0. The Morgan fingerprint density at radius 3 is 2.54 bits per heavy atom. The molecule has 2 aromatic carbocycles. The van der Waals surface area contributed by atoms with Gasteiger partial charge in [0.1, 0.15) is 0 Å². The molecular formula is C19H25N3O3S. The van der Waals surface area contributed by atoms with E-state index in [1.54, 1.807) is 17.0 Å². The Kier molecular flexibility index (Phi) is 5.48. The summed E-state index contributed by atoms with van der Waals surface area (Å²) < 4.78 is 28.2. The van der Waals surface area contributed by atoms with Gasteiger partial charge < -0.3 is 9.80 Å². The maximum absolute atomic E-state index is 12.8. The van der Waals surface area contributed by atoms with Crippen LogP contribution >= 0.6 is 0 Å². The number of benzene rings is 2. The average Bonchev–Trinajstić information content (AvgIpc) is 3.02. The van der Waals surface area contributed by atoms with E-state index in [2.05, 4.69) is 4.72 Å². The minimum absolute atomic E-state index is 0.165. The smallest absolute Gasteiger partial charge is 0.241 e. The lowest BCUT2D eigenvalue weighted by Crippen LogP contribution is -2.30. The highest BCUT2D eigenvalue weighted by molar-refractivity contribution is 7.89. The molecule has 7 heteroatoms. The molecule has 0 radical (unpaired) electrons. The first kappa shape index (κ1) is 18.7. The standard InChI is InChI=1S/C19H25N3O3S/c1-21(2)17-9-3-8-16-15(17)7-4-10-18(16)26(24,25)20-12-6-14-22-13-5-11-19(22)23/h3-4,7-10,20H,5-6,11-14H2,1-2H3. The van der Waals surface area contributed by atoms with Crippen molar-refractivity contribution in [3.8, 4) is 0 Å². The molecule has 6 nitrogen and oxygen atoms in total. The summed E-state index contributed by atoms with van der Waals surface area (Å²) in [6.07, 6.45) is 2.11. The predicted molar refractivity (Wildman–Crippen MR) is 104 cm³/mol. The number of rotatable bonds is 7. The highest BCUT2D eigenvalue weighted by Crippen LogP contribution is 2.30. The first-order valence-electron chi connectivity index (χ1n) is 8.86. The number of carbonyl (C=O) groups excluding carboxylic acids is 1. The molecule has 1 aliphatic rings. The van der Waals surface area contributed by atoms with Crippen molar-refractivity contribution in [2.45, 2.75) is 24.2 Å². The quantitative estimate of drug-likeness (QED) is 0.753. The SMILES string of the molecule is CN(C)c1cccc2c(S(=O)(=O)NCCCN3CCCC3=O)cccc12. The van der Waals surface area contributed by atoms with E-state index in [1.165, 1.54) is 0 Å². The van der Waals surface area contributed by atoms with E-state index < -0.39 is 10.0 Å². The lowest BCUT2D eigenvalue weighted by atomic mass is 10.1. The van der Waals surface area contributed by atoms with Crippen molar-refractivity contribution in [1.29, 1.82) is 0 Å². The number of hydrogen-bond donors (Lipinski definition) is 1. The number of nitrogens with one attached hydrogen (secondary N) is 1. The van der Waals surface area contributed by atoms with Crippen LogP contribution in [0.1, 0.15) is 19.3 Å². The van der Waals surface area contributed by atoms with Crippen molar-refractivity contribution < 1.29 is 13.2 Å². The second-order valence-electron chi connectivity index (χ2n) is 6.76. The first-order valence-corrected chi connectivity index (χ1v) is 10.3. The molecule has 0 bridgehead atoms. The maximum atomic E-state index is 12.8. The number of amides is 1. The second-order valence-corrected chi connectivity index (χ2v) is 8.49. The predicted octanol–water partition coefficient (Wildman–Crippen LogP) is 2.20. The molecule has 0 atom stereocenters. The van der Waals surface area contributed by atoms with E-state index in [1.807, 2.05) is 43.3 Å². The highest BCUT2D eigenvalue weighted by Gasteiger charge is 2.21. The summed E-state index contributed by atoms with van der Waals surface area (Å²) in [5.41, 5.74) is 0.979. The fourth-order valence-electron chi connectivity index (χ4n) is 3.38. The number of fused-ring (bicyclic) bond motifs is 1. The molecule has 1 amide bonds. The number of nitrogens with zero attached hydrogens (tertiary/aromatic N) is 2. The van der Waals surface area contributed by atoms with Crippen LogP contribution in [0.3, 0.4) is 0 Å². The molecule has 0 aromatic heterocycles. The summed E-state index contributed by atoms with van der Waals surface area (Å²) in [6.45, 7) is 1.69. The largest absolute Gasteiger partial charge is 0.377 e. The van der Waals surface area contributed by atoms with Crippen LogP contribution in [-0.2, 0) is 14.8 Å². The fraction of sp³-hybridized carbons (Fsp3) is 0.421. The van der Waals surface area contributed by atoms with Gasteiger partial charge in [0.05, 0.1) is 4.90 Å². The normalized spacial score (nSPS) is 15.0. The van der Waals surface area contributed by atoms with Gasteiger partial charge in [-0.3, -0.25) is 4.79 Å². The summed E-state index contributed by atoms with van der Waals surface area (Å²) in [5, 5.41) is 1.61. The zero-order valence-corrected chi connectivity index (χ0v) is 16.1. The molecule has 1 N–H and O–H groups in total. The van der Waals surface area contributed by atoms with E-state index in [0.29, 0.717) is 31.3 Å². The van der Waals surface area contributed by atoms with Gasteiger partial charge in [-0.1, -0.05) is 24.3 Å². The Bertz CT molecular complexity index is 909. The van der Waals surface area contributed by atoms with E-state index in [-0.39, 0.29) is 10.8 Å². The Hall–Kier alpha value is -2.12. The summed E-state index contributed by atoms with van der Waals surface area (Å²) >= 11 is 0. The van der Waals surface area contributed by atoms with Crippen LogP contribution < -0.4 is 9.62 Å². The molecule has 0 saturated carbocycles.